The van der Waals surface area contributed by atoms with Gasteiger partial charge in [-0.15, -0.1) is 0 Å². The molecule has 0 saturated heterocycles. The van der Waals surface area contributed by atoms with Crippen LogP contribution in [0.5, 0.6) is 5.75 Å². The van der Waals surface area contributed by atoms with Gasteiger partial charge >= 0.3 is 0 Å². The summed E-state index contributed by atoms with van der Waals surface area (Å²) in [7, 11) is 1.61. The molecule has 8 nitrogen and oxygen atoms in total. The van der Waals surface area contributed by atoms with Crippen molar-refractivity contribution in [2.75, 3.05) is 7.11 Å². The van der Waals surface area contributed by atoms with Crippen molar-refractivity contribution in [3.8, 4) is 28.4 Å². The maximum Gasteiger partial charge on any atom is 0.277 e. The molecule has 3 aromatic heterocycles. The highest BCUT2D eigenvalue weighted by atomic mass is 16.5. The molecule has 0 fully saturated rings. The quantitative estimate of drug-likeness (QED) is 0.438. The maximum absolute atomic E-state index is 13.0. The van der Waals surface area contributed by atoms with E-state index in [9.17, 15) is 4.79 Å². The Bertz CT molecular complexity index is 1430. The molecule has 0 spiro atoms. The first-order valence-corrected chi connectivity index (χ1v) is 9.74. The Morgan fingerprint density at radius 3 is 2.68 bits per heavy atom. The smallest absolute Gasteiger partial charge is 0.277 e. The van der Waals surface area contributed by atoms with Gasteiger partial charge in [0.25, 0.3) is 5.56 Å². The summed E-state index contributed by atoms with van der Waals surface area (Å²) >= 11 is 0. The van der Waals surface area contributed by atoms with Crippen molar-refractivity contribution in [2.24, 2.45) is 0 Å². The monoisotopic (exact) mass is 413 g/mol. The zero-order valence-corrected chi connectivity index (χ0v) is 17.0. The van der Waals surface area contributed by atoms with Gasteiger partial charge in [-0.2, -0.15) is 10.1 Å². The van der Waals surface area contributed by atoms with E-state index in [4.69, 9.17) is 9.26 Å². The highest BCUT2D eigenvalue weighted by molar-refractivity contribution is 5.71. The number of aryl methyl sites for hydroxylation is 1. The van der Waals surface area contributed by atoms with Crippen LogP contribution < -0.4 is 10.3 Å². The van der Waals surface area contributed by atoms with Crippen molar-refractivity contribution in [3.63, 3.8) is 0 Å². The van der Waals surface area contributed by atoms with Crippen molar-refractivity contribution >= 4 is 5.52 Å². The number of methoxy groups -OCH3 is 1. The fraction of sp³-hybridized carbons (Fsp3) is 0.130. The zero-order chi connectivity index (χ0) is 21.4. The lowest BCUT2D eigenvalue weighted by Gasteiger charge is -2.04. The van der Waals surface area contributed by atoms with Gasteiger partial charge in [0.2, 0.25) is 11.7 Å². The predicted molar refractivity (Wildman–Crippen MR) is 115 cm³/mol. The molecule has 8 heteroatoms. The molecule has 0 atom stereocenters. The standard InChI is InChI=1S/C23H19N5O3/c1-15-7-9-16(10-8-15)22-24-21(31-26-22)14-27-11-12-28-19(23(27)29)13-18(25-28)17-5-3-4-6-20(17)30-2/h3-13H,14H2,1-2H3. The highest BCUT2D eigenvalue weighted by Gasteiger charge is 2.14. The molecule has 0 unspecified atom stereocenters. The minimum absolute atomic E-state index is 0.170. The van der Waals surface area contributed by atoms with Crippen LogP contribution in [0.3, 0.4) is 0 Å². The third-order valence-electron chi connectivity index (χ3n) is 5.07. The normalized spacial score (nSPS) is 11.2. The molecule has 0 aliphatic rings. The van der Waals surface area contributed by atoms with Gasteiger partial charge < -0.3 is 13.8 Å². The van der Waals surface area contributed by atoms with Crippen molar-refractivity contribution in [1.29, 1.82) is 0 Å². The summed E-state index contributed by atoms with van der Waals surface area (Å²) in [5, 5.41) is 8.56. The second-order valence-corrected chi connectivity index (χ2v) is 7.17. The summed E-state index contributed by atoms with van der Waals surface area (Å²) < 4.78 is 13.9. The molecule has 0 aliphatic carbocycles. The number of nitrogens with zero attached hydrogens (tertiary/aromatic N) is 5. The van der Waals surface area contributed by atoms with E-state index >= 15 is 0 Å². The van der Waals surface area contributed by atoms with Crippen LogP contribution in [0.25, 0.3) is 28.2 Å². The summed E-state index contributed by atoms with van der Waals surface area (Å²) in [6.07, 6.45) is 3.39. The topological polar surface area (TPSA) is 87.5 Å². The third kappa shape index (κ3) is 3.48. The second-order valence-electron chi connectivity index (χ2n) is 7.17. The first-order valence-electron chi connectivity index (χ1n) is 9.74. The van der Waals surface area contributed by atoms with Crippen molar-refractivity contribution in [3.05, 3.63) is 88.8 Å². The number of hydrogen-bond donors (Lipinski definition) is 0. The van der Waals surface area contributed by atoms with Crippen molar-refractivity contribution < 1.29 is 9.26 Å². The van der Waals surface area contributed by atoms with Crippen molar-refractivity contribution in [1.82, 2.24) is 24.3 Å². The molecule has 5 rings (SSSR count). The number of aromatic nitrogens is 5. The van der Waals surface area contributed by atoms with E-state index in [1.54, 1.807) is 30.1 Å². The third-order valence-corrected chi connectivity index (χ3v) is 5.07. The summed E-state index contributed by atoms with van der Waals surface area (Å²) in [5.41, 5.74) is 3.74. The molecule has 0 bridgehead atoms. The molecule has 2 aromatic carbocycles. The molecule has 0 saturated carbocycles. The molecule has 0 aliphatic heterocycles. The lowest BCUT2D eigenvalue weighted by atomic mass is 10.1. The molecular formula is C23H19N5O3. The molecular weight excluding hydrogens is 394 g/mol. The van der Waals surface area contributed by atoms with E-state index in [0.29, 0.717) is 28.7 Å². The van der Waals surface area contributed by atoms with Gasteiger partial charge in [-0.3, -0.25) is 4.79 Å². The van der Waals surface area contributed by atoms with E-state index in [-0.39, 0.29) is 12.1 Å². The van der Waals surface area contributed by atoms with Crippen LogP contribution in [-0.4, -0.2) is 31.4 Å². The van der Waals surface area contributed by atoms with Crippen molar-refractivity contribution in [2.45, 2.75) is 13.5 Å². The SMILES string of the molecule is COc1ccccc1-c1cc2c(=O)n(Cc3nc(-c4ccc(C)cc4)no3)ccn2n1. The average Bonchev–Trinajstić information content (AvgIpc) is 3.44. The number of para-hydroxylation sites is 1. The van der Waals surface area contributed by atoms with Crippen LogP contribution in [0.4, 0.5) is 0 Å². The number of rotatable bonds is 5. The molecule has 0 radical (unpaired) electrons. The second kappa shape index (κ2) is 7.56. The molecule has 0 amide bonds. The van der Waals surface area contributed by atoms with Crippen LogP contribution in [-0.2, 0) is 6.54 Å². The lowest BCUT2D eigenvalue weighted by Crippen LogP contribution is -2.21. The molecule has 5 aromatic rings. The first kappa shape index (κ1) is 18.8. The summed E-state index contributed by atoms with van der Waals surface area (Å²) in [6.45, 7) is 2.19. The number of fused-ring (bicyclic) bond motifs is 1. The van der Waals surface area contributed by atoms with Gasteiger partial charge in [0, 0.05) is 23.5 Å². The Kier molecular flexibility index (Phi) is 4.59. The minimum atomic E-state index is -0.203. The number of ether oxygens (including phenoxy) is 1. The number of benzene rings is 2. The van der Waals surface area contributed by atoms with E-state index < -0.39 is 0 Å². The summed E-state index contributed by atoms with van der Waals surface area (Å²) in [5.74, 6) is 1.54. The van der Waals surface area contributed by atoms with Gasteiger partial charge in [0.05, 0.1) is 12.8 Å². The van der Waals surface area contributed by atoms with E-state index in [1.807, 2.05) is 55.5 Å². The highest BCUT2D eigenvalue weighted by Crippen LogP contribution is 2.28. The van der Waals surface area contributed by atoms with E-state index in [0.717, 1.165) is 16.7 Å². The van der Waals surface area contributed by atoms with Gasteiger partial charge in [0.15, 0.2) is 0 Å². The fourth-order valence-electron chi connectivity index (χ4n) is 3.42. The maximum atomic E-state index is 13.0. The van der Waals surface area contributed by atoms with Gasteiger partial charge in [-0.05, 0) is 25.1 Å². The summed E-state index contributed by atoms with van der Waals surface area (Å²) in [4.78, 5) is 17.5. The summed E-state index contributed by atoms with van der Waals surface area (Å²) in [6, 6.07) is 17.2. The van der Waals surface area contributed by atoms with E-state index in [1.165, 1.54) is 4.57 Å². The van der Waals surface area contributed by atoms with Gasteiger partial charge in [-0.1, -0.05) is 47.1 Å². The lowest BCUT2D eigenvalue weighted by molar-refractivity contribution is 0.370. The molecule has 154 valence electrons. The van der Waals surface area contributed by atoms with Crippen LogP contribution in [0, 0.1) is 6.92 Å². The zero-order valence-electron chi connectivity index (χ0n) is 17.0. The molecule has 0 N–H and O–H groups in total. The van der Waals surface area contributed by atoms with Crippen LogP contribution in [0.2, 0.25) is 0 Å². The van der Waals surface area contributed by atoms with Crippen LogP contribution in [0.1, 0.15) is 11.5 Å². The molecule has 3 heterocycles. The minimum Gasteiger partial charge on any atom is -0.496 e. The Hall–Kier alpha value is -4.20. The Labute approximate surface area is 177 Å². The Morgan fingerprint density at radius 1 is 1.06 bits per heavy atom. The first-order chi connectivity index (χ1) is 15.1. The average molecular weight is 413 g/mol. The predicted octanol–water partition coefficient (Wildman–Crippen LogP) is 3.58. The van der Waals surface area contributed by atoms with Gasteiger partial charge in [-0.25, -0.2) is 4.52 Å². The Balaban J connectivity index is 1.47. The van der Waals surface area contributed by atoms with Crippen LogP contribution in [0.15, 0.2) is 76.3 Å². The Morgan fingerprint density at radius 2 is 1.87 bits per heavy atom. The largest absolute Gasteiger partial charge is 0.496 e. The van der Waals surface area contributed by atoms with Crippen LogP contribution >= 0.6 is 0 Å². The number of hydrogen-bond acceptors (Lipinski definition) is 6. The fourth-order valence-corrected chi connectivity index (χ4v) is 3.42. The van der Waals surface area contributed by atoms with E-state index in [2.05, 4.69) is 15.2 Å². The van der Waals surface area contributed by atoms with Gasteiger partial charge in [0.1, 0.15) is 17.8 Å². The molecule has 31 heavy (non-hydrogen) atoms.